The maximum atomic E-state index is 12.4. The third-order valence-corrected chi connectivity index (χ3v) is 7.39. The molecule has 7 heteroatoms. The molecule has 1 amide bonds. The lowest BCUT2D eigenvalue weighted by atomic mass is 9.72. The second-order valence-electron chi connectivity index (χ2n) is 11.7. The maximum Gasteiger partial charge on any atom is 0.486 e. The van der Waals surface area contributed by atoms with Crippen molar-refractivity contribution in [3.8, 4) is 0 Å². The number of hydrogen-bond acceptors (Lipinski definition) is 5. The quantitative estimate of drug-likeness (QED) is 0.602. The van der Waals surface area contributed by atoms with Crippen molar-refractivity contribution in [2.75, 3.05) is 32.7 Å². The molecule has 0 radical (unpaired) electrons. The van der Waals surface area contributed by atoms with Crippen LogP contribution in [0.2, 0.25) is 0 Å². The van der Waals surface area contributed by atoms with E-state index in [1.807, 2.05) is 25.7 Å². The summed E-state index contributed by atoms with van der Waals surface area (Å²) in [7, 11) is -0.255. The van der Waals surface area contributed by atoms with Crippen molar-refractivity contribution >= 4 is 13.2 Å². The largest absolute Gasteiger partial charge is 0.486 e. The molecule has 176 valence electrons. The fraction of sp³-hybridized carbons (Fsp3) is 0.875. The second-order valence-corrected chi connectivity index (χ2v) is 11.7. The molecule has 0 N–H and O–H groups in total. The molecule has 0 atom stereocenters. The van der Waals surface area contributed by atoms with Crippen molar-refractivity contribution < 1.29 is 18.8 Å². The van der Waals surface area contributed by atoms with Gasteiger partial charge in [0.05, 0.1) is 11.2 Å². The van der Waals surface area contributed by atoms with E-state index in [2.05, 4.69) is 44.6 Å². The lowest BCUT2D eigenvalue weighted by Gasteiger charge is -2.47. The molecule has 0 unspecified atom stereocenters. The van der Waals surface area contributed by atoms with Crippen LogP contribution >= 0.6 is 0 Å². The van der Waals surface area contributed by atoms with Gasteiger partial charge in [0.25, 0.3) is 0 Å². The van der Waals surface area contributed by atoms with E-state index in [4.69, 9.17) is 14.0 Å². The first kappa shape index (κ1) is 24.6. The molecule has 3 heterocycles. The Labute approximate surface area is 189 Å². The number of carbonyl (C=O) groups is 1. The average Bonchev–Trinajstić information content (AvgIpc) is 2.85. The summed E-state index contributed by atoms with van der Waals surface area (Å²) in [6.45, 7) is 19.1. The summed E-state index contributed by atoms with van der Waals surface area (Å²) in [4.78, 5) is 16.9. The van der Waals surface area contributed by atoms with Crippen LogP contribution in [0, 0.1) is 5.41 Å². The lowest BCUT2D eigenvalue weighted by molar-refractivity contribution is -0.00597. The van der Waals surface area contributed by atoms with Crippen LogP contribution in [-0.4, -0.2) is 72.5 Å². The Morgan fingerprint density at radius 1 is 1.03 bits per heavy atom. The van der Waals surface area contributed by atoms with Gasteiger partial charge in [0.1, 0.15) is 5.60 Å². The molecule has 3 rings (SSSR count). The van der Waals surface area contributed by atoms with Gasteiger partial charge in [0, 0.05) is 26.2 Å². The van der Waals surface area contributed by atoms with E-state index in [-0.39, 0.29) is 24.4 Å². The zero-order chi connectivity index (χ0) is 22.9. The summed E-state index contributed by atoms with van der Waals surface area (Å²) in [5, 5.41) is 0. The maximum absolute atomic E-state index is 12.4. The van der Waals surface area contributed by atoms with E-state index in [1.54, 1.807) is 0 Å². The highest BCUT2D eigenvalue weighted by Gasteiger charge is 2.50. The Kier molecular flexibility index (Phi) is 7.19. The third kappa shape index (κ3) is 6.26. The molecule has 3 saturated heterocycles. The van der Waals surface area contributed by atoms with E-state index in [0.29, 0.717) is 5.41 Å². The minimum Gasteiger partial charge on any atom is -0.444 e. The van der Waals surface area contributed by atoms with Crippen molar-refractivity contribution in [1.82, 2.24) is 9.80 Å². The Balaban J connectivity index is 1.43. The zero-order valence-electron chi connectivity index (χ0n) is 20.8. The predicted molar refractivity (Wildman–Crippen MR) is 125 cm³/mol. The molecule has 31 heavy (non-hydrogen) atoms. The van der Waals surface area contributed by atoms with Crippen LogP contribution in [0.4, 0.5) is 4.79 Å². The van der Waals surface area contributed by atoms with Gasteiger partial charge in [-0.2, -0.15) is 0 Å². The summed E-state index contributed by atoms with van der Waals surface area (Å²) >= 11 is 0. The first-order valence-corrected chi connectivity index (χ1v) is 12.0. The minimum absolute atomic E-state index is 0.164. The van der Waals surface area contributed by atoms with Crippen LogP contribution in [0.15, 0.2) is 12.1 Å². The molecule has 3 fully saturated rings. The number of amides is 1. The molecular formula is C24H43BN2O4. The molecule has 0 saturated carbocycles. The van der Waals surface area contributed by atoms with E-state index >= 15 is 0 Å². The average molecular weight is 434 g/mol. The second kappa shape index (κ2) is 9.07. The van der Waals surface area contributed by atoms with Crippen molar-refractivity contribution in [2.45, 2.75) is 97.4 Å². The van der Waals surface area contributed by atoms with Crippen LogP contribution in [0.25, 0.3) is 0 Å². The number of rotatable bonds is 4. The number of hydrogen-bond donors (Lipinski definition) is 0. The minimum atomic E-state index is -0.429. The topological polar surface area (TPSA) is 51.2 Å². The predicted octanol–water partition coefficient (Wildman–Crippen LogP) is 4.68. The number of nitrogens with zero attached hydrogens (tertiary/aromatic N) is 2. The van der Waals surface area contributed by atoms with Crippen LogP contribution in [-0.2, 0) is 14.0 Å². The van der Waals surface area contributed by atoms with Crippen molar-refractivity contribution in [3.05, 3.63) is 12.1 Å². The van der Waals surface area contributed by atoms with Crippen LogP contribution < -0.4 is 0 Å². The molecule has 0 aromatic carbocycles. The van der Waals surface area contributed by atoms with Gasteiger partial charge in [-0.05, 0) is 92.5 Å². The molecule has 0 aliphatic carbocycles. The molecule has 6 nitrogen and oxygen atoms in total. The Bertz CT molecular complexity index is 647. The standard InChI is InChI=1S/C24H43BN2O4/c1-21(2,3)29-20(28)27-17-12-24(13-18-27)11-10-16-26(19-24)15-9-8-14-25-30-22(4,5)23(6,7)31-25/h8,14H,9-13,15-19H2,1-7H3. The summed E-state index contributed by atoms with van der Waals surface area (Å²) in [6, 6.07) is 0. The highest BCUT2D eigenvalue weighted by molar-refractivity contribution is 6.51. The molecule has 0 aromatic heterocycles. The first-order chi connectivity index (χ1) is 14.3. The van der Waals surface area contributed by atoms with Gasteiger partial charge in [0.2, 0.25) is 0 Å². The van der Waals surface area contributed by atoms with Gasteiger partial charge in [-0.3, -0.25) is 0 Å². The number of likely N-dealkylation sites (tertiary alicyclic amines) is 2. The Morgan fingerprint density at radius 3 is 2.23 bits per heavy atom. The highest BCUT2D eigenvalue weighted by atomic mass is 16.7. The SMILES string of the molecule is CC(C)(C)OC(=O)N1CCC2(CCCN(CCC=CB3OC(C)(C)C(C)(C)O3)C2)CC1. The summed E-state index contributed by atoms with van der Waals surface area (Å²) in [5.41, 5.74) is -0.640. The van der Waals surface area contributed by atoms with Crippen LogP contribution in [0.3, 0.4) is 0 Å². The van der Waals surface area contributed by atoms with Gasteiger partial charge < -0.3 is 23.8 Å². The van der Waals surface area contributed by atoms with E-state index in [9.17, 15) is 4.79 Å². The monoisotopic (exact) mass is 434 g/mol. The van der Waals surface area contributed by atoms with E-state index < -0.39 is 5.60 Å². The van der Waals surface area contributed by atoms with Gasteiger partial charge in [0.15, 0.2) is 0 Å². The highest BCUT2D eigenvalue weighted by Crippen LogP contribution is 2.40. The van der Waals surface area contributed by atoms with Gasteiger partial charge in [-0.1, -0.05) is 12.1 Å². The summed E-state index contributed by atoms with van der Waals surface area (Å²) in [5.74, 6) is 2.07. The summed E-state index contributed by atoms with van der Waals surface area (Å²) in [6.07, 6.45) is 7.71. The van der Waals surface area contributed by atoms with Gasteiger partial charge in [-0.25, -0.2) is 4.79 Å². The first-order valence-electron chi connectivity index (χ1n) is 12.0. The van der Waals surface area contributed by atoms with Crippen molar-refractivity contribution in [1.29, 1.82) is 0 Å². The molecule has 1 spiro atoms. The van der Waals surface area contributed by atoms with Gasteiger partial charge in [-0.15, -0.1) is 0 Å². The number of carbonyl (C=O) groups excluding carboxylic acids is 1. The lowest BCUT2D eigenvalue weighted by Crippen LogP contribution is -2.51. The smallest absolute Gasteiger partial charge is 0.444 e. The molecular weight excluding hydrogens is 391 g/mol. The normalized spacial score (nSPS) is 26.0. The van der Waals surface area contributed by atoms with E-state index in [1.165, 1.54) is 19.4 Å². The fourth-order valence-corrected chi connectivity index (χ4v) is 4.83. The van der Waals surface area contributed by atoms with Crippen LogP contribution in [0.5, 0.6) is 0 Å². The van der Waals surface area contributed by atoms with Gasteiger partial charge >= 0.3 is 13.2 Å². The van der Waals surface area contributed by atoms with Crippen molar-refractivity contribution in [3.63, 3.8) is 0 Å². The Hall–Kier alpha value is -1.05. The molecule has 0 aromatic rings. The number of ether oxygens (including phenoxy) is 1. The van der Waals surface area contributed by atoms with Crippen LogP contribution in [0.1, 0.15) is 80.6 Å². The van der Waals surface area contributed by atoms with Crippen molar-refractivity contribution in [2.24, 2.45) is 5.41 Å². The molecule has 3 aliphatic rings. The zero-order valence-corrected chi connectivity index (χ0v) is 20.8. The Morgan fingerprint density at radius 2 is 1.65 bits per heavy atom. The molecule has 0 bridgehead atoms. The van der Waals surface area contributed by atoms with E-state index in [0.717, 1.165) is 45.4 Å². The third-order valence-electron chi connectivity index (χ3n) is 7.39. The number of piperidine rings is 2. The summed E-state index contributed by atoms with van der Waals surface area (Å²) < 4.78 is 17.6. The fourth-order valence-electron chi connectivity index (χ4n) is 4.83. The molecule has 3 aliphatic heterocycles.